The van der Waals surface area contributed by atoms with E-state index in [0.29, 0.717) is 17.2 Å². The quantitative estimate of drug-likeness (QED) is 0.125. The molecule has 0 saturated heterocycles. The Morgan fingerprint density at radius 3 is 2.33 bits per heavy atom. The number of esters is 1. The SMILES string of the molecule is COc1ccccc1NC(=O)C(Oc1ccc(C(=O)OC(C)C)cc1)C1=Nc2ccccc2S(=O)(=O)N1CCCOc1ccc(C)cc1C. The fourth-order valence-corrected chi connectivity index (χ4v) is 6.84. The molecule has 4 aromatic rings. The first-order chi connectivity index (χ1) is 23.5. The van der Waals surface area contributed by atoms with Gasteiger partial charge in [0.1, 0.15) is 22.1 Å². The molecule has 4 aromatic carbocycles. The number of hydrogen-bond donors (Lipinski definition) is 1. The van der Waals surface area contributed by atoms with E-state index in [9.17, 15) is 18.0 Å². The molecule has 1 aliphatic heterocycles. The number of nitrogens with one attached hydrogen (secondary N) is 1. The molecule has 11 nitrogen and oxygen atoms in total. The smallest absolute Gasteiger partial charge is 0.338 e. The number of amidine groups is 1. The van der Waals surface area contributed by atoms with Crippen molar-refractivity contribution in [3.8, 4) is 17.2 Å². The Hall–Kier alpha value is -5.36. The van der Waals surface area contributed by atoms with Crippen LogP contribution < -0.4 is 19.5 Å². The average molecular weight is 686 g/mol. The molecule has 0 aliphatic carbocycles. The molecule has 1 heterocycles. The van der Waals surface area contributed by atoms with Crippen molar-refractivity contribution in [2.75, 3.05) is 25.6 Å². The van der Waals surface area contributed by atoms with Crippen LogP contribution in [0.3, 0.4) is 0 Å². The second-order valence-electron chi connectivity index (χ2n) is 11.7. The molecule has 5 rings (SSSR count). The van der Waals surface area contributed by atoms with Gasteiger partial charge in [0.25, 0.3) is 15.9 Å². The maximum Gasteiger partial charge on any atom is 0.338 e. The number of benzene rings is 4. The van der Waals surface area contributed by atoms with E-state index in [2.05, 4.69) is 5.32 Å². The summed E-state index contributed by atoms with van der Waals surface area (Å²) < 4.78 is 52.4. The Morgan fingerprint density at radius 2 is 1.61 bits per heavy atom. The summed E-state index contributed by atoms with van der Waals surface area (Å²) in [6.07, 6.45) is -1.58. The molecule has 0 spiro atoms. The predicted molar refractivity (Wildman–Crippen MR) is 186 cm³/mol. The van der Waals surface area contributed by atoms with Crippen LogP contribution >= 0.6 is 0 Å². The van der Waals surface area contributed by atoms with Gasteiger partial charge in [0, 0.05) is 13.0 Å². The number of amides is 1. The van der Waals surface area contributed by atoms with E-state index in [1.807, 2.05) is 32.0 Å². The third-order valence-corrected chi connectivity index (χ3v) is 9.39. The topological polar surface area (TPSA) is 133 Å². The summed E-state index contributed by atoms with van der Waals surface area (Å²) >= 11 is 0. The van der Waals surface area contributed by atoms with Crippen molar-refractivity contribution in [2.45, 2.75) is 51.2 Å². The number of para-hydroxylation sites is 3. The number of aryl methyl sites for hydroxylation is 2. The molecule has 49 heavy (non-hydrogen) atoms. The van der Waals surface area contributed by atoms with Gasteiger partial charge in [-0.25, -0.2) is 22.5 Å². The Morgan fingerprint density at radius 1 is 0.898 bits per heavy atom. The third-order valence-electron chi connectivity index (χ3n) is 7.54. The van der Waals surface area contributed by atoms with Crippen molar-refractivity contribution in [2.24, 2.45) is 4.99 Å². The molecule has 0 aromatic heterocycles. The van der Waals surface area contributed by atoms with Crippen molar-refractivity contribution in [1.82, 2.24) is 4.31 Å². The molecule has 1 aliphatic rings. The molecule has 0 radical (unpaired) electrons. The molecule has 0 saturated carbocycles. The van der Waals surface area contributed by atoms with Crippen LogP contribution in [0.1, 0.15) is 41.8 Å². The molecule has 1 amide bonds. The summed E-state index contributed by atoms with van der Waals surface area (Å²) in [7, 11) is -2.70. The van der Waals surface area contributed by atoms with E-state index in [1.165, 1.54) is 37.4 Å². The molecule has 1 unspecified atom stereocenters. The number of carbonyl (C=O) groups excluding carboxylic acids is 2. The zero-order valence-corrected chi connectivity index (χ0v) is 28.8. The van der Waals surface area contributed by atoms with Crippen molar-refractivity contribution in [3.63, 3.8) is 0 Å². The number of anilines is 1. The zero-order valence-electron chi connectivity index (χ0n) is 28.0. The maximum absolute atomic E-state index is 14.2. The second kappa shape index (κ2) is 15.2. The first-order valence-corrected chi connectivity index (χ1v) is 17.2. The lowest BCUT2D eigenvalue weighted by Gasteiger charge is -2.33. The summed E-state index contributed by atoms with van der Waals surface area (Å²) in [5.74, 6) is -0.0615. The van der Waals surface area contributed by atoms with Gasteiger partial charge in [-0.3, -0.25) is 4.79 Å². The fraction of sp³-hybridized carbons (Fsp3) is 0.270. The highest BCUT2D eigenvalue weighted by molar-refractivity contribution is 7.90. The Bertz CT molecular complexity index is 1960. The Kier molecular flexibility index (Phi) is 10.9. The molecule has 1 atom stereocenters. The normalized spacial score (nSPS) is 13.9. The van der Waals surface area contributed by atoms with Gasteiger partial charge in [0.2, 0.25) is 6.10 Å². The number of nitrogens with zero attached hydrogens (tertiary/aromatic N) is 2. The lowest BCUT2D eigenvalue weighted by Crippen LogP contribution is -2.52. The van der Waals surface area contributed by atoms with Gasteiger partial charge in [-0.05, 0) is 87.9 Å². The minimum Gasteiger partial charge on any atom is -0.495 e. The summed E-state index contributed by atoms with van der Waals surface area (Å²) in [5.41, 5.74) is 2.88. The predicted octanol–water partition coefficient (Wildman–Crippen LogP) is 6.47. The molecule has 0 fully saturated rings. The molecule has 256 valence electrons. The highest BCUT2D eigenvalue weighted by Gasteiger charge is 2.41. The molecule has 12 heteroatoms. The van der Waals surface area contributed by atoms with E-state index in [1.54, 1.807) is 56.3 Å². The number of carbonyl (C=O) groups is 2. The average Bonchev–Trinajstić information content (AvgIpc) is 3.07. The van der Waals surface area contributed by atoms with Crippen LogP contribution in [0, 0.1) is 13.8 Å². The van der Waals surface area contributed by atoms with Crippen LogP contribution in [0.4, 0.5) is 11.4 Å². The van der Waals surface area contributed by atoms with Crippen LogP contribution in [0.5, 0.6) is 17.2 Å². The van der Waals surface area contributed by atoms with Gasteiger partial charge >= 0.3 is 5.97 Å². The lowest BCUT2D eigenvalue weighted by atomic mass is 10.1. The monoisotopic (exact) mass is 685 g/mol. The minimum atomic E-state index is -4.18. The summed E-state index contributed by atoms with van der Waals surface area (Å²) in [6, 6.07) is 25.0. The first-order valence-electron chi connectivity index (χ1n) is 15.8. The standard InChI is InChI=1S/C37H39N3O8S/c1-24(2)47-37(42)27-16-18-28(19-17-27)48-34(36(41)39-29-11-6-8-13-32(29)45-5)35-38-30-12-7-9-14-33(30)49(43,44)40(35)21-10-22-46-31-20-15-25(3)23-26(31)4/h6-9,11-20,23-24,34H,10,21-22H2,1-5H3,(H,39,41). The van der Waals surface area contributed by atoms with Gasteiger partial charge in [-0.15, -0.1) is 0 Å². The van der Waals surface area contributed by atoms with Gasteiger partial charge < -0.3 is 24.3 Å². The van der Waals surface area contributed by atoms with E-state index in [4.69, 9.17) is 23.9 Å². The number of aliphatic imine (C=N–C) groups is 1. The number of rotatable bonds is 13. The molecular formula is C37H39N3O8S. The largest absolute Gasteiger partial charge is 0.495 e. The summed E-state index contributed by atoms with van der Waals surface area (Å²) in [4.78, 5) is 31.3. The fourth-order valence-electron chi connectivity index (χ4n) is 5.22. The molecule has 0 bridgehead atoms. The molecule has 1 N–H and O–H groups in total. The second-order valence-corrected chi connectivity index (χ2v) is 13.5. The first kappa shape index (κ1) is 35.0. The van der Waals surface area contributed by atoms with Gasteiger partial charge in [-0.2, -0.15) is 0 Å². The van der Waals surface area contributed by atoms with E-state index in [-0.39, 0.29) is 53.4 Å². The maximum atomic E-state index is 14.2. The highest BCUT2D eigenvalue weighted by Crippen LogP contribution is 2.34. The number of fused-ring (bicyclic) bond motifs is 1. The number of sulfonamides is 1. The Labute approximate surface area is 286 Å². The van der Waals surface area contributed by atoms with E-state index < -0.39 is 28.0 Å². The third kappa shape index (κ3) is 8.21. The van der Waals surface area contributed by atoms with Gasteiger partial charge in [0.05, 0.1) is 36.8 Å². The van der Waals surface area contributed by atoms with Gasteiger partial charge in [-0.1, -0.05) is 42.0 Å². The van der Waals surface area contributed by atoms with Crippen molar-refractivity contribution < 1.29 is 37.0 Å². The van der Waals surface area contributed by atoms with E-state index >= 15 is 0 Å². The number of methoxy groups -OCH3 is 1. The zero-order chi connectivity index (χ0) is 35.1. The van der Waals surface area contributed by atoms with Crippen LogP contribution in [0.15, 0.2) is 101 Å². The van der Waals surface area contributed by atoms with Crippen molar-refractivity contribution in [1.29, 1.82) is 0 Å². The van der Waals surface area contributed by atoms with Crippen molar-refractivity contribution >= 4 is 39.1 Å². The van der Waals surface area contributed by atoms with Crippen LogP contribution in [0.25, 0.3) is 0 Å². The summed E-state index contributed by atoms with van der Waals surface area (Å²) in [6.45, 7) is 7.59. The molecular weight excluding hydrogens is 646 g/mol. The number of ether oxygens (including phenoxy) is 4. The summed E-state index contributed by atoms with van der Waals surface area (Å²) in [5, 5.41) is 2.81. The minimum absolute atomic E-state index is 0.00551. The van der Waals surface area contributed by atoms with Crippen LogP contribution in [-0.2, 0) is 19.6 Å². The van der Waals surface area contributed by atoms with Crippen LogP contribution in [0.2, 0.25) is 0 Å². The highest BCUT2D eigenvalue weighted by atomic mass is 32.2. The van der Waals surface area contributed by atoms with Crippen molar-refractivity contribution in [3.05, 3.63) is 108 Å². The van der Waals surface area contributed by atoms with E-state index in [0.717, 1.165) is 15.4 Å². The Balaban J connectivity index is 1.50. The lowest BCUT2D eigenvalue weighted by molar-refractivity contribution is -0.120. The van der Waals surface area contributed by atoms with Gasteiger partial charge in [0.15, 0.2) is 5.84 Å². The number of hydrogen-bond acceptors (Lipinski definition) is 9. The van der Waals surface area contributed by atoms with Crippen LogP contribution in [-0.4, -0.2) is 62.9 Å².